The molecule has 6 heteroatoms. The zero-order valence-corrected chi connectivity index (χ0v) is 11.1. The summed E-state index contributed by atoms with van der Waals surface area (Å²) in [6, 6.07) is 2.84. The third-order valence-electron chi connectivity index (χ3n) is 3.14. The fraction of sp³-hybridized carbons (Fsp3) is 0.615. The molecule has 1 saturated carbocycles. The second-order valence-corrected chi connectivity index (χ2v) is 4.76. The first-order chi connectivity index (χ1) is 9.19. The topological polar surface area (TPSA) is 77.3 Å². The van der Waals surface area contributed by atoms with Crippen LogP contribution in [0.15, 0.2) is 12.1 Å². The number of hydrogen-bond acceptors (Lipinski definition) is 5. The van der Waals surface area contributed by atoms with Crippen LogP contribution in [0.25, 0.3) is 0 Å². The number of nitrogens with zero attached hydrogens (tertiary/aromatic N) is 2. The van der Waals surface area contributed by atoms with E-state index in [0.29, 0.717) is 11.7 Å². The summed E-state index contributed by atoms with van der Waals surface area (Å²) >= 11 is 0. The minimum Gasteiger partial charge on any atom is -0.474 e. The van der Waals surface area contributed by atoms with Gasteiger partial charge in [-0.1, -0.05) is 6.92 Å². The van der Waals surface area contributed by atoms with Crippen molar-refractivity contribution in [1.29, 1.82) is 0 Å². The molecule has 1 aromatic rings. The molecule has 0 aliphatic heterocycles. The fourth-order valence-corrected chi connectivity index (χ4v) is 2.18. The SMILES string of the molecule is CCCNc1cc([N+](=O)[O-])cc(OC2CCCC2)n1. The highest BCUT2D eigenvalue weighted by atomic mass is 16.6. The van der Waals surface area contributed by atoms with E-state index < -0.39 is 4.92 Å². The van der Waals surface area contributed by atoms with Gasteiger partial charge in [-0.25, -0.2) is 0 Å². The molecule has 1 aliphatic carbocycles. The molecule has 0 aromatic carbocycles. The average molecular weight is 265 g/mol. The summed E-state index contributed by atoms with van der Waals surface area (Å²) in [6.07, 6.45) is 5.39. The minimum atomic E-state index is -0.416. The Morgan fingerprint density at radius 2 is 2.21 bits per heavy atom. The van der Waals surface area contributed by atoms with Crippen molar-refractivity contribution in [2.75, 3.05) is 11.9 Å². The van der Waals surface area contributed by atoms with Crippen LogP contribution in [0, 0.1) is 10.1 Å². The van der Waals surface area contributed by atoms with Gasteiger partial charge in [0, 0.05) is 6.54 Å². The Balaban J connectivity index is 2.15. The van der Waals surface area contributed by atoms with Crippen molar-refractivity contribution < 1.29 is 9.66 Å². The molecule has 0 unspecified atom stereocenters. The Bertz CT molecular complexity index is 445. The molecule has 1 aliphatic rings. The van der Waals surface area contributed by atoms with Crippen molar-refractivity contribution in [3.63, 3.8) is 0 Å². The molecule has 0 spiro atoms. The van der Waals surface area contributed by atoms with Gasteiger partial charge in [-0.15, -0.1) is 0 Å². The zero-order chi connectivity index (χ0) is 13.7. The van der Waals surface area contributed by atoms with Crippen LogP contribution < -0.4 is 10.1 Å². The maximum Gasteiger partial charge on any atom is 0.278 e. The van der Waals surface area contributed by atoms with Crippen LogP contribution in [-0.4, -0.2) is 22.6 Å². The maximum absolute atomic E-state index is 10.9. The summed E-state index contributed by atoms with van der Waals surface area (Å²) in [6.45, 7) is 2.76. The Morgan fingerprint density at radius 3 is 2.84 bits per heavy atom. The van der Waals surface area contributed by atoms with Crippen molar-refractivity contribution >= 4 is 11.5 Å². The van der Waals surface area contributed by atoms with Crippen LogP contribution in [0.3, 0.4) is 0 Å². The minimum absolute atomic E-state index is 0.0154. The molecule has 1 N–H and O–H groups in total. The van der Waals surface area contributed by atoms with E-state index in [-0.39, 0.29) is 11.8 Å². The summed E-state index contributed by atoms with van der Waals surface area (Å²) in [5.41, 5.74) is 0.0154. The van der Waals surface area contributed by atoms with Gasteiger partial charge in [-0.05, 0) is 32.1 Å². The lowest BCUT2D eigenvalue weighted by Gasteiger charge is -2.13. The van der Waals surface area contributed by atoms with Gasteiger partial charge in [0.05, 0.1) is 17.1 Å². The number of ether oxygens (including phenoxy) is 1. The number of nitro groups is 1. The lowest BCUT2D eigenvalue weighted by molar-refractivity contribution is -0.384. The molecule has 0 atom stereocenters. The molecule has 104 valence electrons. The Labute approximate surface area is 112 Å². The van der Waals surface area contributed by atoms with Crippen molar-refractivity contribution in [1.82, 2.24) is 4.98 Å². The smallest absolute Gasteiger partial charge is 0.278 e. The van der Waals surface area contributed by atoms with Crippen LogP contribution in [-0.2, 0) is 0 Å². The van der Waals surface area contributed by atoms with Crippen molar-refractivity contribution in [3.8, 4) is 5.88 Å². The predicted octanol–water partition coefficient (Wildman–Crippen LogP) is 3.13. The lowest BCUT2D eigenvalue weighted by Crippen LogP contribution is -2.13. The molecule has 19 heavy (non-hydrogen) atoms. The van der Waals surface area contributed by atoms with Gasteiger partial charge in [0.1, 0.15) is 11.9 Å². The molecule has 1 heterocycles. The number of nitrogens with one attached hydrogen (secondary N) is 1. The van der Waals surface area contributed by atoms with Crippen molar-refractivity contribution in [2.24, 2.45) is 0 Å². The Kier molecular flexibility index (Phi) is 4.54. The molecule has 1 fully saturated rings. The van der Waals surface area contributed by atoms with E-state index in [4.69, 9.17) is 4.74 Å². The summed E-state index contributed by atoms with van der Waals surface area (Å²) in [4.78, 5) is 14.8. The van der Waals surface area contributed by atoms with Gasteiger partial charge < -0.3 is 10.1 Å². The fourth-order valence-electron chi connectivity index (χ4n) is 2.18. The van der Waals surface area contributed by atoms with Gasteiger partial charge in [0.15, 0.2) is 0 Å². The summed E-state index contributed by atoms with van der Waals surface area (Å²) in [5.74, 6) is 0.851. The zero-order valence-electron chi connectivity index (χ0n) is 11.1. The van der Waals surface area contributed by atoms with Crippen LogP contribution >= 0.6 is 0 Å². The van der Waals surface area contributed by atoms with Gasteiger partial charge in [0.2, 0.25) is 5.88 Å². The second-order valence-electron chi connectivity index (χ2n) is 4.76. The summed E-state index contributed by atoms with van der Waals surface area (Å²) in [7, 11) is 0. The molecule has 1 aromatic heterocycles. The first kappa shape index (κ1) is 13.6. The van der Waals surface area contributed by atoms with Gasteiger partial charge in [-0.3, -0.25) is 10.1 Å². The maximum atomic E-state index is 10.9. The van der Waals surface area contributed by atoms with E-state index in [9.17, 15) is 10.1 Å². The van der Waals surface area contributed by atoms with E-state index in [1.54, 1.807) is 0 Å². The Hall–Kier alpha value is -1.85. The molecule has 0 bridgehead atoms. The summed E-state index contributed by atoms with van der Waals surface area (Å²) < 4.78 is 5.73. The second kappa shape index (κ2) is 6.36. The van der Waals surface area contributed by atoms with Crippen molar-refractivity contribution in [2.45, 2.75) is 45.1 Å². The first-order valence-corrected chi connectivity index (χ1v) is 6.76. The molecule has 0 amide bonds. The number of rotatable bonds is 6. The first-order valence-electron chi connectivity index (χ1n) is 6.76. The molecule has 0 saturated heterocycles. The van der Waals surface area contributed by atoms with E-state index in [2.05, 4.69) is 10.3 Å². The van der Waals surface area contributed by atoms with E-state index in [0.717, 1.165) is 38.6 Å². The van der Waals surface area contributed by atoms with E-state index in [1.165, 1.54) is 12.1 Å². The monoisotopic (exact) mass is 265 g/mol. The highest BCUT2D eigenvalue weighted by Crippen LogP contribution is 2.27. The third-order valence-corrected chi connectivity index (χ3v) is 3.14. The van der Waals surface area contributed by atoms with Crippen LogP contribution in [0.1, 0.15) is 39.0 Å². The molecule has 2 rings (SSSR count). The highest BCUT2D eigenvalue weighted by Gasteiger charge is 2.19. The van der Waals surface area contributed by atoms with Crippen LogP contribution in [0.5, 0.6) is 5.88 Å². The van der Waals surface area contributed by atoms with Gasteiger partial charge in [-0.2, -0.15) is 4.98 Å². The van der Waals surface area contributed by atoms with E-state index in [1.807, 2.05) is 6.92 Å². The Morgan fingerprint density at radius 1 is 1.47 bits per heavy atom. The molecular formula is C13H19N3O3. The van der Waals surface area contributed by atoms with Crippen LogP contribution in [0.2, 0.25) is 0 Å². The largest absolute Gasteiger partial charge is 0.474 e. The quantitative estimate of drug-likeness (QED) is 0.631. The highest BCUT2D eigenvalue weighted by molar-refractivity contribution is 5.48. The van der Waals surface area contributed by atoms with Gasteiger partial charge in [0.25, 0.3) is 5.69 Å². The average Bonchev–Trinajstić information content (AvgIpc) is 2.89. The number of pyridine rings is 1. The summed E-state index contributed by atoms with van der Waals surface area (Å²) in [5, 5.41) is 14.0. The van der Waals surface area contributed by atoms with E-state index >= 15 is 0 Å². The number of anilines is 1. The van der Waals surface area contributed by atoms with Gasteiger partial charge >= 0.3 is 0 Å². The lowest BCUT2D eigenvalue weighted by atomic mass is 10.3. The number of aromatic nitrogens is 1. The predicted molar refractivity (Wildman–Crippen MR) is 72.6 cm³/mol. The molecule has 0 radical (unpaired) electrons. The van der Waals surface area contributed by atoms with Crippen LogP contribution in [0.4, 0.5) is 11.5 Å². The third kappa shape index (κ3) is 3.81. The number of hydrogen-bond donors (Lipinski definition) is 1. The molecule has 6 nitrogen and oxygen atoms in total. The normalized spacial score (nSPS) is 15.4. The molecular weight excluding hydrogens is 246 g/mol. The standard InChI is InChI=1S/C13H19N3O3/c1-2-7-14-12-8-10(16(17)18)9-13(15-12)19-11-5-3-4-6-11/h8-9,11H,2-7H2,1H3,(H,14,15). The van der Waals surface area contributed by atoms with Crippen molar-refractivity contribution in [3.05, 3.63) is 22.2 Å².